The number of hydrogen-bond acceptors (Lipinski definition) is 2. The molecule has 0 saturated carbocycles. The predicted octanol–water partition coefficient (Wildman–Crippen LogP) is 4.01. The molecule has 0 spiro atoms. The first-order valence-electron chi connectivity index (χ1n) is 7.25. The van der Waals surface area contributed by atoms with Crippen LogP contribution in [0.2, 0.25) is 0 Å². The molecule has 0 bridgehead atoms. The fourth-order valence-corrected chi connectivity index (χ4v) is 2.02. The average molecular weight is 275 g/mol. The van der Waals surface area contributed by atoms with Crippen LogP contribution in [0.5, 0.6) is 5.75 Å². The Bertz CT molecular complexity index is 423. The number of methoxy groups -OCH3 is 1. The number of carbonyl (C=O) groups excluding carboxylic acids is 1. The summed E-state index contributed by atoms with van der Waals surface area (Å²) in [4.78, 5) is 11.3. The van der Waals surface area contributed by atoms with Crippen molar-refractivity contribution in [1.82, 2.24) is 5.32 Å². The zero-order chi connectivity index (χ0) is 14.8. The molecule has 0 heterocycles. The number of ether oxygens (including phenoxy) is 1. The summed E-state index contributed by atoms with van der Waals surface area (Å²) in [5.74, 6) is 0.797. The van der Waals surface area contributed by atoms with Crippen LogP contribution in [-0.4, -0.2) is 13.0 Å². The maximum atomic E-state index is 11.3. The van der Waals surface area contributed by atoms with Crippen molar-refractivity contribution in [2.24, 2.45) is 0 Å². The average Bonchev–Trinajstić information content (AvgIpc) is 2.45. The quantitative estimate of drug-likeness (QED) is 0.575. The number of amides is 1. The normalized spacial score (nSPS) is 12.3. The van der Waals surface area contributed by atoms with Crippen LogP contribution in [0.25, 0.3) is 0 Å². The second-order valence-electron chi connectivity index (χ2n) is 4.88. The molecule has 20 heavy (non-hydrogen) atoms. The van der Waals surface area contributed by atoms with E-state index in [-0.39, 0.29) is 11.9 Å². The smallest absolute Gasteiger partial charge is 0.217 e. The first-order valence-corrected chi connectivity index (χ1v) is 7.25. The minimum atomic E-state index is -0.0694. The third kappa shape index (κ3) is 5.91. The lowest BCUT2D eigenvalue weighted by Gasteiger charge is -2.15. The molecule has 0 aromatic heterocycles. The number of hydrogen-bond donors (Lipinski definition) is 1. The summed E-state index contributed by atoms with van der Waals surface area (Å²) in [5, 5.41) is 2.96. The van der Waals surface area contributed by atoms with Crippen molar-refractivity contribution < 1.29 is 9.53 Å². The van der Waals surface area contributed by atoms with Crippen molar-refractivity contribution in [1.29, 1.82) is 0 Å². The van der Waals surface area contributed by atoms with Crippen LogP contribution >= 0.6 is 0 Å². The van der Waals surface area contributed by atoms with Gasteiger partial charge in [-0.2, -0.15) is 0 Å². The third-order valence-electron chi connectivity index (χ3n) is 3.14. The van der Waals surface area contributed by atoms with Crippen LogP contribution in [0.3, 0.4) is 0 Å². The van der Waals surface area contributed by atoms with Gasteiger partial charge in [0.25, 0.3) is 0 Å². The zero-order valence-corrected chi connectivity index (χ0v) is 12.7. The molecule has 1 aromatic rings. The van der Waals surface area contributed by atoms with E-state index >= 15 is 0 Å². The number of unbranched alkanes of at least 4 members (excludes halogenated alkanes) is 3. The summed E-state index contributed by atoms with van der Waals surface area (Å²) in [7, 11) is 1.65. The molecule has 110 valence electrons. The second kappa shape index (κ2) is 9.18. The minimum absolute atomic E-state index is 0.0240. The fourth-order valence-electron chi connectivity index (χ4n) is 2.02. The topological polar surface area (TPSA) is 38.3 Å². The molecule has 0 fully saturated rings. The summed E-state index contributed by atoms with van der Waals surface area (Å²) in [5.41, 5.74) is 1.06. The van der Waals surface area contributed by atoms with Crippen molar-refractivity contribution in [2.75, 3.05) is 7.11 Å². The monoisotopic (exact) mass is 275 g/mol. The highest BCUT2D eigenvalue weighted by Crippen LogP contribution is 2.19. The summed E-state index contributed by atoms with van der Waals surface area (Å²) in [6, 6.07) is 7.72. The highest BCUT2D eigenvalue weighted by Gasteiger charge is 2.08. The van der Waals surface area contributed by atoms with Crippen molar-refractivity contribution in [3.8, 4) is 5.75 Å². The summed E-state index contributed by atoms with van der Waals surface area (Å²) in [6.45, 7) is 3.74. The van der Waals surface area contributed by atoms with Gasteiger partial charge in [0.05, 0.1) is 13.2 Å². The lowest BCUT2D eigenvalue weighted by atomic mass is 10.1. The molecule has 0 aliphatic heterocycles. The minimum Gasteiger partial charge on any atom is -0.497 e. The van der Waals surface area contributed by atoms with E-state index in [1.807, 2.05) is 24.3 Å². The Morgan fingerprint density at radius 3 is 2.55 bits per heavy atom. The van der Waals surface area contributed by atoms with Gasteiger partial charge < -0.3 is 10.1 Å². The van der Waals surface area contributed by atoms with E-state index in [0.717, 1.165) is 17.7 Å². The number of rotatable bonds is 8. The molecule has 1 aromatic carbocycles. The van der Waals surface area contributed by atoms with Crippen molar-refractivity contribution in [2.45, 2.75) is 45.6 Å². The van der Waals surface area contributed by atoms with E-state index in [2.05, 4.69) is 24.4 Å². The lowest BCUT2D eigenvalue weighted by Crippen LogP contribution is -2.24. The Hall–Kier alpha value is -1.77. The fraction of sp³-hybridized carbons (Fsp3) is 0.471. The Kier molecular flexibility index (Phi) is 7.48. The van der Waals surface area contributed by atoms with Gasteiger partial charge in [-0.1, -0.05) is 44.1 Å². The summed E-state index contributed by atoms with van der Waals surface area (Å²) in [6.07, 6.45) is 8.95. The largest absolute Gasteiger partial charge is 0.497 e. The lowest BCUT2D eigenvalue weighted by molar-refractivity contribution is -0.119. The third-order valence-corrected chi connectivity index (χ3v) is 3.14. The number of carbonyl (C=O) groups is 1. The molecule has 1 amide bonds. The van der Waals surface area contributed by atoms with Crippen LogP contribution in [0.1, 0.15) is 51.1 Å². The highest BCUT2D eigenvalue weighted by atomic mass is 16.5. The molecule has 3 heteroatoms. The van der Waals surface area contributed by atoms with Crippen LogP contribution in [0, 0.1) is 0 Å². The van der Waals surface area contributed by atoms with Crippen molar-refractivity contribution in [3.63, 3.8) is 0 Å². The Morgan fingerprint density at radius 1 is 1.30 bits per heavy atom. The molecular formula is C17H25NO2. The van der Waals surface area contributed by atoms with Gasteiger partial charge >= 0.3 is 0 Å². The van der Waals surface area contributed by atoms with Crippen LogP contribution < -0.4 is 10.1 Å². The van der Waals surface area contributed by atoms with Gasteiger partial charge in [-0.3, -0.25) is 4.79 Å². The van der Waals surface area contributed by atoms with E-state index in [1.54, 1.807) is 14.0 Å². The molecular weight excluding hydrogens is 250 g/mol. The van der Waals surface area contributed by atoms with E-state index in [1.165, 1.54) is 19.3 Å². The summed E-state index contributed by atoms with van der Waals surface area (Å²) < 4.78 is 5.15. The second-order valence-corrected chi connectivity index (χ2v) is 4.88. The highest BCUT2D eigenvalue weighted by molar-refractivity contribution is 5.73. The van der Waals surface area contributed by atoms with Crippen LogP contribution in [0.15, 0.2) is 36.4 Å². The first kappa shape index (κ1) is 16.3. The van der Waals surface area contributed by atoms with E-state index in [4.69, 9.17) is 4.74 Å². The van der Waals surface area contributed by atoms with Gasteiger partial charge in [0.2, 0.25) is 5.91 Å². The SMILES string of the molecule is CCCCC/C=C/[C@@H](NC(C)=O)c1ccc(OC)cc1. The number of benzene rings is 1. The Morgan fingerprint density at radius 2 is 2.00 bits per heavy atom. The Labute approximate surface area is 122 Å². The summed E-state index contributed by atoms with van der Waals surface area (Å²) >= 11 is 0. The van der Waals surface area contributed by atoms with Gasteiger partial charge in [0, 0.05) is 6.92 Å². The van der Waals surface area contributed by atoms with Crippen molar-refractivity contribution in [3.05, 3.63) is 42.0 Å². The van der Waals surface area contributed by atoms with Gasteiger partial charge in [-0.25, -0.2) is 0 Å². The molecule has 0 aliphatic rings. The van der Waals surface area contributed by atoms with E-state index < -0.39 is 0 Å². The van der Waals surface area contributed by atoms with Crippen LogP contribution in [0.4, 0.5) is 0 Å². The van der Waals surface area contributed by atoms with Gasteiger partial charge in [0.15, 0.2) is 0 Å². The van der Waals surface area contributed by atoms with E-state index in [9.17, 15) is 4.79 Å². The molecule has 1 rings (SSSR count). The van der Waals surface area contributed by atoms with Crippen LogP contribution in [-0.2, 0) is 4.79 Å². The Balaban J connectivity index is 2.69. The van der Waals surface area contributed by atoms with Gasteiger partial charge in [-0.05, 0) is 30.5 Å². The van der Waals surface area contributed by atoms with Gasteiger partial charge in [0.1, 0.15) is 5.75 Å². The molecule has 0 unspecified atom stereocenters. The number of nitrogens with one attached hydrogen (secondary N) is 1. The maximum Gasteiger partial charge on any atom is 0.217 e. The first-order chi connectivity index (χ1) is 9.67. The van der Waals surface area contributed by atoms with Gasteiger partial charge in [-0.15, -0.1) is 0 Å². The maximum absolute atomic E-state index is 11.3. The van der Waals surface area contributed by atoms with E-state index in [0.29, 0.717) is 0 Å². The molecule has 1 atom stereocenters. The predicted molar refractivity (Wildman–Crippen MR) is 82.8 cm³/mol. The molecule has 0 aliphatic carbocycles. The standard InChI is InChI=1S/C17H25NO2/c1-4-5-6-7-8-9-17(18-14(2)19)15-10-12-16(20-3)13-11-15/h8-13,17H,4-7H2,1-3H3,(H,18,19)/b9-8+/t17-/m1/s1. The molecule has 1 N–H and O–H groups in total. The molecule has 3 nitrogen and oxygen atoms in total. The number of allylic oxidation sites excluding steroid dienone is 1. The molecule has 0 saturated heterocycles. The molecule has 0 radical (unpaired) electrons. The zero-order valence-electron chi connectivity index (χ0n) is 12.7. The van der Waals surface area contributed by atoms with Crippen molar-refractivity contribution >= 4 is 5.91 Å².